The van der Waals surface area contributed by atoms with E-state index in [1.165, 1.54) is 18.3 Å². The van der Waals surface area contributed by atoms with Gasteiger partial charge in [0.25, 0.3) is 0 Å². The SMILES string of the molecule is C=CC(=O)N1CCN(c2nc(OC3CNCC34CC4)nc3c(Oc4c(Cl)c(F)cc5[nH]ncc45)nccc23)CC1. The number of aromatic amines is 1. The summed E-state index contributed by atoms with van der Waals surface area (Å²) in [6.45, 7) is 7.38. The largest absolute Gasteiger partial charge is 0.458 e. The molecule has 2 N–H and O–H groups in total. The first kappa shape index (κ1) is 25.0. The van der Waals surface area contributed by atoms with Crippen molar-refractivity contribution in [3.05, 3.63) is 48.0 Å². The Bertz CT molecular complexity index is 1650. The van der Waals surface area contributed by atoms with Crippen molar-refractivity contribution >= 4 is 45.1 Å². The van der Waals surface area contributed by atoms with Gasteiger partial charge in [-0.3, -0.25) is 9.89 Å². The van der Waals surface area contributed by atoms with Gasteiger partial charge in [0, 0.05) is 56.9 Å². The number of halogens is 2. The van der Waals surface area contributed by atoms with Gasteiger partial charge in [-0.15, -0.1) is 0 Å². The smallest absolute Gasteiger partial charge is 0.319 e. The van der Waals surface area contributed by atoms with E-state index < -0.39 is 5.82 Å². The van der Waals surface area contributed by atoms with Crippen LogP contribution in [0.3, 0.4) is 0 Å². The number of H-pyrrole nitrogens is 1. The molecule has 0 bridgehead atoms. The Kier molecular flexibility index (Phi) is 5.97. The lowest BCUT2D eigenvalue weighted by atomic mass is 10.0. The lowest BCUT2D eigenvalue weighted by Crippen LogP contribution is -2.48. The molecule has 2 saturated heterocycles. The summed E-state index contributed by atoms with van der Waals surface area (Å²) in [6.07, 6.45) is 6.57. The number of ether oxygens (including phenoxy) is 2. The highest BCUT2D eigenvalue weighted by Crippen LogP contribution is 2.51. The number of fused-ring (bicyclic) bond motifs is 2. The molecule has 5 heterocycles. The number of hydrogen-bond donors (Lipinski definition) is 2. The number of carbonyl (C=O) groups is 1. The third kappa shape index (κ3) is 4.18. The normalized spacial score (nSPS) is 19.9. The molecule has 3 fully saturated rings. The van der Waals surface area contributed by atoms with E-state index >= 15 is 0 Å². The third-order valence-corrected chi connectivity index (χ3v) is 8.38. The van der Waals surface area contributed by atoms with Crippen molar-refractivity contribution in [3.8, 4) is 17.6 Å². The first-order valence-corrected chi connectivity index (χ1v) is 13.5. The van der Waals surface area contributed by atoms with Gasteiger partial charge in [0.2, 0.25) is 11.8 Å². The topological polar surface area (TPSA) is 121 Å². The number of pyridine rings is 1. The zero-order valence-electron chi connectivity index (χ0n) is 21.5. The minimum Gasteiger partial charge on any atom is -0.458 e. The van der Waals surface area contributed by atoms with Crippen molar-refractivity contribution in [1.29, 1.82) is 0 Å². The van der Waals surface area contributed by atoms with Crippen LogP contribution in [0.5, 0.6) is 17.6 Å². The molecule has 1 saturated carbocycles. The Labute approximate surface area is 233 Å². The molecule has 40 heavy (non-hydrogen) atoms. The molecule has 7 rings (SSSR count). The Morgan fingerprint density at radius 1 is 1.23 bits per heavy atom. The van der Waals surface area contributed by atoms with Crippen LogP contribution in [0.2, 0.25) is 5.02 Å². The third-order valence-electron chi connectivity index (χ3n) is 8.03. The predicted octanol–water partition coefficient (Wildman–Crippen LogP) is 3.45. The fraction of sp³-hybridized carbons (Fsp3) is 0.370. The van der Waals surface area contributed by atoms with Crippen LogP contribution in [0.15, 0.2) is 37.2 Å². The van der Waals surface area contributed by atoms with Gasteiger partial charge in [-0.1, -0.05) is 18.2 Å². The molecule has 13 heteroatoms. The van der Waals surface area contributed by atoms with Crippen LogP contribution in [0.25, 0.3) is 21.8 Å². The molecule has 2 aliphatic heterocycles. The highest BCUT2D eigenvalue weighted by molar-refractivity contribution is 6.33. The molecule has 206 valence electrons. The summed E-state index contributed by atoms with van der Waals surface area (Å²) in [4.78, 5) is 30.0. The fourth-order valence-electron chi connectivity index (χ4n) is 5.57. The molecular formula is C27H26ClFN8O3. The fourth-order valence-corrected chi connectivity index (χ4v) is 5.76. The van der Waals surface area contributed by atoms with Crippen LogP contribution in [0.1, 0.15) is 12.8 Å². The van der Waals surface area contributed by atoms with Gasteiger partial charge < -0.3 is 24.6 Å². The quantitative estimate of drug-likeness (QED) is 0.339. The number of nitrogens with one attached hydrogen (secondary N) is 2. The van der Waals surface area contributed by atoms with Gasteiger partial charge in [0.1, 0.15) is 28.3 Å². The maximum atomic E-state index is 14.6. The molecule has 11 nitrogen and oxygen atoms in total. The van der Waals surface area contributed by atoms with Gasteiger partial charge in [-0.25, -0.2) is 9.37 Å². The standard InChI is InChI=1S/C27H26ClFN8O3/c1-2-20(38)36-7-9-37(10-8-36)24-15-3-6-31-25(40-23-16-12-32-35-18(16)11-17(29)21(23)28)22(15)33-26(34-24)39-19-13-30-14-27(19)4-5-27/h2-3,6,11-12,19,30H,1,4-5,7-10,13-14H2,(H,32,35). The van der Waals surface area contributed by atoms with Crippen LogP contribution in [0, 0.1) is 11.2 Å². The first-order valence-electron chi connectivity index (χ1n) is 13.1. The lowest BCUT2D eigenvalue weighted by Gasteiger charge is -2.35. The van der Waals surface area contributed by atoms with Crippen LogP contribution in [-0.4, -0.2) is 81.3 Å². The number of nitrogens with zero attached hydrogens (tertiary/aromatic N) is 6. The Balaban J connectivity index is 1.31. The Morgan fingerprint density at radius 2 is 2.05 bits per heavy atom. The van der Waals surface area contributed by atoms with Crippen LogP contribution in [-0.2, 0) is 4.79 Å². The van der Waals surface area contributed by atoms with Gasteiger partial charge in [0.15, 0.2) is 5.75 Å². The lowest BCUT2D eigenvalue weighted by molar-refractivity contribution is -0.126. The molecule has 0 radical (unpaired) electrons. The number of benzene rings is 1. The van der Waals surface area contributed by atoms with E-state index in [9.17, 15) is 9.18 Å². The number of rotatable bonds is 6. The molecule has 3 aromatic heterocycles. The van der Waals surface area contributed by atoms with E-state index in [0.717, 1.165) is 19.4 Å². The highest BCUT2D eigenvalue weighted by atomic mass is 35.5. The van der Waals surface area contributed by atoms with Crippen molar-refractivity contribution in [3.63, 3.8) is 0 Å². The molecule has 1 aromatic carbocycles. The van der Waals surface area contributed by atoms with E-state index in [2.05, 4.69) is 32.0 Å². The van der Waals surface area contributed by atoms with Gasteiger partial charge in [0.05, 0.1) is 22.5 Å². The monoisotopic (exact) mass is 564 g/mol. The van der Waals surface area contributed by atoms with E-state index in [0.29, 0.717) is 60.3 Å². The number of anilines is 1. The maximum absolute atomic E-state index is 14.6. The van der Waals surface area contributed by atoms with Gasteiger partial charge in [-0.05, 0) is 25.0 Å². The average molecular weight is 565 g/mol. The summed E-state index contributed by atoms with van der Waals surface area (Å²) in [5, 5.41) is 11.2. The van der Waals surface area contributed by atoms with Crippen LogP contribution < -0.4 is 19.7 Å². The van der Waals surface area contributed by atoms with Crippen LogP contribution in [0.4, 0.5) is 10.2 Å². The minimum atomic E-state index is -0.650. The summed E-state index contributed by atoms with van der Waals surface area (Å²) in [5.41, 5.74) is 0.956. The number of aromatic nitrogens is 5. The maximum Gasteiger partial charge on any atom is 0.319 e. The summed E-state index contributed by atoms with van der Waals surface area (Å²) < 4.78 is 27.2. The Morgan fingerprint density at radius 3 is 2.83 bits per heavy atom. The summed E-state index contributed by atoms with van der Waals surface area (Å²) in [5.74, 6) is 0.113. The molecule has 3 aliphatic rings. The van der Waals surface area contributed by atoms with E-state index in [-0.39, 0.29) is 40.1 Å². The van der Waals surface area contributed by atoms with Crippen LogP contribution >= 0.6 is 11.6 Å². The summed E-state index contributed by atoms with van der Waals surface area (Å²) >= 11 is 6.34. The van der Waals surface area contributed by atoms with E-state index in [1.54, 1.807) is 11.1 Å². The van der Waals surface area contributed by atoms with Crippen molar-refractivity contribution in [2.45, 2.75) is 18.9 Å². The van der Waals surface area contributed by atoms with Gasteiger partial charge >= 0.3 is 6.01 Å². The molecule has 1 spiro atoms. The summed E-state index contributed by atoms with van der Waals surface area (Å²) in [6, 6.07) is 3.28. The second-order valence-electron chi connectivity index (χ2n) is 10.4. The molecule has 1 aliphatic carbocycles. The molecular weight excluding hydrogens is 539 g/mol. The number of hydrogen-bond acceptors (Lipinski definition) is 9. The predicted molar refractivity (Wildman–Crippen MR) is 146 cm³/mol. The molecule has 1 atom stereocenters. The zero-order chi connectivity index (χ0) is 27.4. The number of amides is 1. The first-order chi connectivity index (χ1) is 19.5. The van der Waals surface area contributed by atoms with E-state index in [1.807, 2.05) is 6.07 Å². The van der Waals surface area contributed by atoms with Crippen molar-refractivity contribution in [1.82, 2.24) is 35.4 Å². The van der Waals surface area contributed by atoms with Crippen molar-refractivity contribution in [2.24, 2.45) is 5.41 Å². The van der Waals surface area contributed by atoms with Gasteiger partial charge in [-0.2, -0.15) is 15.1 Å². The highest BCUT2D eigenvalue weighted by Gasteiger charge is 2.54. The van der Waals surface area contributed by atoms with Crippen molar-refractivity contribution < 1.29 is 18.7 Å². The zero-order valence-corrected chi connectivity index (χ0v) is 22.2. The second-order valence-corrected chi connectivity index (χ2v) is 10.8. The Hall–Kier alpha value is -4.03. The second kappa shape index (κ2) is 9.56. The molecule has 1 unspecified atom stereocenters. The number of piperazine rings is 1. The summed E-state index contributed by atoms with van der Waals surface area (Å²) in [7, 11) is 0. The minimum absolute atomic E-state index is 0.0517. The number of carbonyl (C=O) groups excluding carboxylic acids is 1. The average Bonchev–Trinajstić information content (AvgIpc) is 3.44. The van der Waals surface area contributed by atoms with Crippen molar-refractivity contribution in [2.75, 3.05) is 44.2 Å². The van der Waals surface area contributed by atoms with E-state index in [4.69, 9.17) is 31.0 Å². The molecule has 1 amide bonds. The molecule has 4 aromatic rings.